The minimum atomic E-state index is 0.639. The summed E-state index contributed by atoms with van der Waals surface area (Å²) in [5.41, 5.74) is 3.40. The van der Waals surface area contributed by atoms with Crippen LogP contribution in [-0.2, 0) is 13.1 Å². The summed E-state index contributed by atoms with van der Waals surface area (Å²) in [6, 6.07) is 12.2. The zero-order chi connectivity index (χ0) is 16.8. The number of hydrogen-bond donors (Lipinski definition) is 1. The highest BCUT2D eigenvalue weighted by atomic mass is 35.5. The van der Waals surface area contributed by atoms with Gasteiger partial charge in [0.15, 0.2) is 11.5 Å². The zero-order valence-corrected chi connectivity index (χ0v) is 14.8. The summed E-state index contributed by atoms with van der Waals surface area (Å²) >= 11 is 6.29. The van der Waals surface area contributed by atoms with Crippen LogP contribution in [0.15, 0.2) is 36.4 Å². The van der Waals surface area contributed by atoms with Crippen LogP contribution in [0.25, 0.3) is 0 Å². The lowest BCUT2D eigenvalue weighted by molar-refractivity contribution is 0.354. The molecule has 0 bridgehead atoms. The monoisotopic (exact) mass is 334 g/mol. The van der Waals surface area contributed by atoms with Gasteiger partial charge < -0.3 is 19.7 Å². The average Bonchev–Trinajstić information content (AvgIpc) is 2.56. The lowest BCUT2D eigenvalue weighted by Crippen LogP contribution is -2.13. The zero-order valence-electron chi connectivity index (χ0n) is 14.0. The first-order valence-electron chi connectivity index (χ1n) is 7.42. The van der Waals surface area contributed by atoms with Crippen molar-refractivity contribution >= 4 is 17.3 Å². The van der Waals surface area contributed by atoms with Crippen molar-refractivity contribution in [2.24, 2.45) is 0 Å². The molecular weight excluding hydrogens is 312 g/mol. The molecule has 0 amide bonds. The van der Waals surface area contributed by atoms with Crippen molar-refractivity contribution in [2.45, 2.75) is 13.1 Å². The minimum absolute atomic E-state index is 0.639. The van der Waals surface area contributed by atoms with Gasteiger partial charge in [0.25, 0.3) is 0 Å². The Morgan fingerprint density at radius 1 is 0.957 bits per heavy atom. The van der Waals surface area contributed by atoms with Crippen LogP contribution in [0.5, 0.6) is 11.5 Å². The number of methoxy groups -OCH3 is 2. The second-order valence-corrected chi connectivity index (χ2v) is 5.87. The minimum Gasteiger partial charge on any atom is -0.493 e. The lowest BCUT2D eigenvalue weighted by atomic mass is 10.1. The largest absolute Gasteiger partial charge is 0.493 e. The quantitative estimate of drug-likeness (QED) is 0.837. The predicted molar refractivity (Wildman–Crippen MR) is 95.9 cm³/mol. The Hall–Kier alpha value is -1.91. The molecule has 0 aliphatic rings. The topological polar surface area (TPSA) is 33.7 Å². The Morgan fingerprint density at radius 3 is 2.13 bits per heavy atom. The van der Waals surface area contributed by atoms with Gasteiger partial charge in [-0.2, -0.15) is 0 Å². The van der Waals surface area contributed by atoms with Gasteiger partial charge in [-0.25, -0.2) is 0 Å². The molecule has 1 N–H and O–H groups in total. The van der Waals surface area contributed by atoms with Gasteiger partial charge in [-0.15, -0.1) is 0 Å². The van der Waals surface area contributed by atoms with Gasteiger partial charge in [-0.3, -0.25) is 0 Å². The summed E-state index contributed by atoms with van der Waals surface area (Å²) in [6.07, 6.45) is 0. The SMILES string of the molecule is COc1cc(Cl)c(CNCc2ccc(N(C)C)cc2)cc1OC. The Morgan fingerprint density at radius 2 is 1.57 bits per heavy atom. The maximum atomic E-state index is 6.29. The van der Waals surface area contributed by atoms with Crippen LogP contribution in [-0.4, -0.2) is 28.3 Å². The predicted octanol–water partition coefficient (Wildman–Crippen LogP) is 3.71. The van der Waals surface area contributed by atoms with Crippen LogP contribution < -0.4 is 19.7 Å². The summed E-state index contributed by atoms with van der Waals surface area (Å²) in [5, 5.41) is 4.07. The van der Waals surface area contributed by atoms with Gasteiger partial charge in [0, 0.05) is 44.0 Å². The Balaban J connectivity index is 1.98. The molecule has 0 atom stereocenters. The Labute approximate surface area is 143 Å². The molecule has 0 saturated carbocycles. The maximum absolute atomic E-state index is 6.29. The molecule has 124 valence electrons. The van der Waals surface area contributed by atoms with Crippen molar-refractivity contribution in [3.05, 3.63) is 52.5 Å². The smallest absolute Gasteiger partial charge is 0.162 e. The van der Waals surface area contributed by atoms with E-state index in [9.17, 15) is 0 Å². The van der Waals surface area contributed by atoms with E-state index in [4.69, 9.17) is 21.1 Å². The third-order valence-corrected chi connectivity index (χ3v) is 4.00. The summed E-state index contributed by atoms with van der Waals surface area (Å²) in [7, 11) is 7.29. The van der Waals surface area contributed by atoms with E-state index in [0.29, 0.717) is 23.1 Å². The number of nitrogens with one attached hydrogen (secondary N) is 1. The van der Waals surface area contributed by atoms with E-state index in [1.165, 1.54) is 11.3 Å². The normalized spacial score (nSPS) is 10.5. The number of ether oxygens (including phenoxy) is 2. The Bertz CT molecular complexity index is 642. The molecule has 2 aromatic carbocycles. The fourth-order valence-corrected chi connectivity index (χ4v) is 2.51. The molecular formula is C18H23ClN2O2. The van der Waals surface area contributed by atoms with Crippen LogP contribution in [0.3, 0.4) is 0 Å². The van der Waals surface area contributed by atoms with Crippen LogP contribution in [0.2, 0.25) is 5.02 Å². The fraction of sp³-hybridized carbons (Fsp3) is 0.333. The van der Waals surface area contributed by atoms with E-state index in [2.05, 4.69) is 34.5 Å². The fourth-order valence-electron chi connectivity index (χ4n) is 2.29. The first kappa shape index (κ1) is 17.4. The number of hydrogen-bond acceptors (Lipinski definition) is 4. The van der Waals surface area contributed by atoms with Gasteiger partial charge >= 0.3 is 0 Å². The molecule has 0 aliphatic carbocycles. The van der Waals surface area contributed by atoms with E-state index in [1.54, 1.807) is 20.3 Å². The van der Waals surface area contributed by atoms with Crippen molar-refractivity contribution in [3.63, 3.8) is 0 Å². The number of anilines is 1. The number of nitrogens with zero attached hydrogens (tertiary/aromatic N) is 1. The second kappa shape index (κ2) is 8.09. The first-order chi connectivity index (χ1) is 11.0. The van der Waals surface area contributed by atoms with Crippen molar-refractivity contribution in [1.29, 1.82) is 0 Å². The van der Waals surface area contributed by atoms with E-state index < -0.39 is 0 Å². The molecule has 2 rings (SSSR count). The van der Waals surface area contributed by atoms with Gasteiger partial charge in [0.05, 0.1) is 14.2 Å². The summed E-state index contributed by atoms with van der Waals surface area (Å²) < 4.78 is 10.6. The molecule has 23 heavy (non-hydrogen) atoms. The van der Waals surface area contributed by atoms with Crippen molar-refractivity contribution in [3.8, 4) is 11.5 Å². The van der Waals surface area contributed by atoms with E-state index in [0.717, 1.165) is 12.1 Å². The maximum Gasteiger partial charge on any atom is 0.162 e. The van der Waals surface area contributed by atoms with E-state index >= 15 is 0 Å². The molecule has 5 heteroatoms. The summed E-state index contributed by atoms with van der Waals surface area (Å²) in [5.74, 6) is 1.32. The van der Waals surface area contributed by atoms with Crippen LogP contribution >= 0.6 is 11.6 Å². The number of halogens is 1. The first-order valence-corrected chi connectivity index (χ1v) is 7.80. The lowest BCUT2D eigenvalue weighted by Gasteiger charge is -2.14. The van der Waals surface area contributed by atoms with E-state index in [1.807, 2.05) is 20.2 Å². The van der Waals surface area contributed by atoms with Crippen LogP contribution in [0.4, 0.5) is 5.69 Å². The van der Waals surface area contributed by atoms with Crippen molar-refractivity contribution in [2.75, 3.05) is 33.2 Å². The second-order valence-electron chi connectivity index (χ2n) is 5.46. The summed E-state index contributed by atoms with van der Waals surface area (Å²) in [4.78, 5) is 2.08. The van der Waals surface area contributed by atoms with E-state index in [-0.39, 0.29) is 0 Å². The molecule has 4 nitrogen and oxygen atoms in total. The summed E-state index contributed by atoms with van der Waals surface area (Å²) in [6.45, 7) is 1.44. The highest BCUT2D eigenvalue weighted by Crippen LogP contribution is 2.33. The standard InChI is InChI=1S/C18H23ClN2O2/c1-21(2)15-7-5-13(6-8-15)11-20-12-14-9-17(22-3)18(23-4)10-16(14)19/h5-10,20H,11-12H2,1-4H3. The average molecular weight is 335 g/mol. The highest BCUT2D eigenvalue weighted by molar-refractivity contribution is 6.31. The van der Waals surface area contributed by atoms with Gasteiger partial charge in [-0.05, 0) is 29.3 Å². The Kier molecular flexibility index (Phi) is 6.13. The van der Waals surface area contributed by atoms with Crippen LogP contribution in [0, 0.1) is 0 Å². The molecule has 0 aliphatic heterocycles. The molecule has 0 aromatic heterocycles. The molecule has 0 radical (unpaired) electrons. The molecule has 0 saturated heterocycles. The van der Waals surface area contributed by atoms with Crippen LogP contribution in [0.1, 0.15) is 11.1 Å². The third kappa shape index (κ3) is 4.53. The molecule has 2 aromatic rings. The molecule has 0 heterocycles. The third-order valence-electron chi connectivity index (χ3n) is 3.65. The number of rotatable bonds is 7. The number of benzene rings is 2. The van der Waals surface area contributed by atoms with Crippen molar-refractivity contribution < 1.29 is 9.47 Å². The van der Waals surface area contributed by atoms with Gasteiger partial charge in [0.2, 0.25) is 0 Å². The molecule has 0 unspecified atom stereocenters. The highest BCUT2D eigenvalue weighted by Gasteiger charge is 2.09. The van der Waals surface area contributed by atoms with Gasteiger partial charge in [-0.1, -0.05) is 23.7 Å². The van der Waals surface area contributed by atoms with Crippen molar-refractivity contribution in [1.82, 2.24) is 5.32 Å². The van der Waals surface area contributed by atoms with Gasteiger partial charge in [0.1, 0.15) is 0 Å². The molecule has 0 fully saturated rings. The molecule has 0 spiro atoms.